The number of fused-ring (bicyclic) bond motifs is 1. The van der Waals surface area contributed by atoms with E-state index in [0.717, 1.165) is 59.1 Å². The van der Waals surface area contributed by atoms with Crippen LogP contribution < -0.4 is 4.74 Å². The molecule has 1 heterocycles. The van der Waals surface area contributed by atoms with Gasteiger partial charge in [-0.15, -0.1) is 0 Å². The highest BCUT2D eigenvalue weighted by molar-refractivity contribution is 6.10. The number of hydrogen-bond acceptors (Lipinski definition) is 4. The zero-order valence-corrected chi connectivity index (χ0v) is 16.7. The van der Waals surface area contributed by atoms with Gasteiger partial charge in [-0.2, -0.15) is 0 Å². The minimum absolute atomic E-state index is 0.0111. The van der Waals surface area contributed by atoms with E-state index >= 15 is 0 Å². The molecule has 0 atom stereocenters. The molecule has 0 spiro atoms. The summed E-state index contributed by atoms with van der Waals surface area (Å²) in [5.41, 5.74) is 1.27. The third-order valence-corrected chi connectivity index (χ3v) is 7.54. The maximum absolute atomic E-state index is 12.8. The number of esters is 1. The Labute approximate surface area is 170 Å². The summed E-state index contributed by atoms with van der Waals surface area (Å²) in [4.78, 5) is 17.6. The molecule has 0 unspecified atom stereocenters. The van der Waals surface area contributed by atoms with Gasteiger partial charge in [0.1, 0.15) is 5.75 Å². The van der Waals surface area contributed by atoms with Gasteiger partial charge in [-0.25, -0.2) is 9.79 Å². The Hall–Kier alpha value is -2.62. The first-order valence-corrected chi connectivity index (χ1v) is 10.7. The van der Waals surface area contributed by atoms with Gasteiger partial charge < -0.3 is 9.47 Å². The Bertz CT molecular complexity index is 1050. The van der Waals surface area contributed by atoms with Crippen LogP contribution in [0.4, 0.5) is 0 Å². The molecule has 4 nitrogen and oxygen atoms in total. The highest BCUT2D eigenvalue weighted by Gasteiger charge is 2.55. The summed E-state index contributed by atoms with van der Waals surface area (Å²) in [5, 5.41) is 2.16. The molecular formula is C25H25NO3. The molecule has 148 valence electrons. The molecule has 0 radical (unpaired) electrons. The summed E-state index contributed by atoms with van der Waals surface area (Å²) < 4.78 is 11.4. The van der Waals surface area contributed by atoms with Crippen LogP contribution >= 0.6 is 0 Å². The summed E-state index contributed by atoms with van der Waals surface area (Å²) >= 11 is 0. The van der Waals surface area contributed by atoms with Crippen molar-refractivity contribution < 1.29 is 14.3 Å². The monoisotopic (exact) mass is 387 g/mol. The lowest BCUT2D eigenvalue weighted by Crippen LogP contribution is -2.50. The molecule has 4 heteroatoms. The van der Waals surface area contributed by atoms with E-state index < -0.39 is 0 Å². The van der Waals surface area contributed by atoms with Crippen LogP contribution in [0.3, 0.4) is 0 Å². The number of rotatable bonds is 3. The first-order valence-electron chi connectivity index (χ1n) is 10.7. The summed E-state index contributed by atoms with van der Waals surface area (Å²) in [5.74, 6) is 3.46. The second-order valence-corrected chi connectivity index (χ2v) is 9.44. The number of ether oxygens (including phenoxy) is 2. The molecule has 0 amide bonds. The average molecular weight is 387 g/mol. The van der Waals surface area contributed by atoms with E-state index in [2.05, 4.69) is 6.07 Å². The molecule has 4 bridgehead atoms. The average Bonchev–Trinajstić information content (AvgIpc) is 3.08. The summed E-state index contributed by atoms with van der Waals surface area (Å²) in [6.07, 6.45) is 9.32. The van der Waals surface area contributed by atoms with Crippen molar-refractivity contribution in [1.29, 1.82) is 0 Å². The van der Waals surface area contributed by atoms with E-state index in [0.29, 0.717) is 11.6 Å². The van der Waals surface area contributed by atoms with E-state index in [4.69, 9.17) is 14.5 Å². The number of carbonyl (C=O) groups is 1. The first-order chi connectivity index (χ1) is 14.1. The standard InChI is InChI=1S/C25H25NO3/c1-28-22-7-6-18-4-2-3-5-19(18)20(22)11-21-23(27)29-24(26-21)25-12-15-8-16(13-25)10-17(9-15)14-25/h2-7,11,15-17H,8-10,12-14H2,1H3/b21-11-. The molecule has 4 aliphatic carbocycles. The predicted molar refractivity (Wildman–Crippen MR) is 113 cm³/mol. The van der Waals surface area contributed by atoms with Crippen LogP contribution in [0.15, 0.2) is 47.1 Å². The SMILES string of the molecule is COc1ccc2ccccc2c1/C=C1\N=C(C23CC4CC(CC(C4)C2)C3)OC1=O. The molecule has 4 fully saturated rings. The Morgan fingerprint density at radius 3 is 2.41 bits per heavy atom. The lowest BCUT2D eigenvalue weighted by Gasteiger charge is -2.55. The number of carbonyl (C=O) groups excluding carboxylic acids is 1. The maximum atomic E-state index is 12.8. The van der Waals surface area contributed by atoms with Crippen molar-refractivity contribution in [2.75, 3.05) is 7.11 Å². The van der Waals surface area contributed by atoms with Crippen LogP contribution in [-0.2, 0) is 9.53 Å². The number of aliphatic imine (C=N–C) groups is 1. The van der Waals surface area contributed by atoms with Crippen molar-refractivity contribution >= 4 is 28.7 Å². The second kappa shape index (κ2) is 6.19. The summed E-state index contributed by atoms with van der Waals surface area (Å²) in [6.45, 7) is 0. The third kappa shape index (κ3) is 2.65. The molecule has 2 aromatic rings. The zero-order chi connectivity index (χ0) is 19.6. The van der Waals surface area contributed by atoms with Gasteiger partial charge in [0.05, 0.1) is 7.11 Å². The van der Waals surface area contributed by atoms with Gasteiger partial charge in [0.25, 0.3) is 0 Å². The number of cyclic esters (lactones) is 1. The zero-order valence-electron chi connectivity index (χ0n) is 16.7. The third-order valence-electron chi connectivity index (χ3n) is 7.54. The van der Waals surface area contributed by atoms with E-state index in [1.54, 1.807) is 7.11 Å². The first kappa shape index (κ1) is 17.3. The number of methoxy groups -OCH3 is 1. The molecule has 0 saturated heterocycles. The summed E-state index contributed by atoms with van der Waals surface area (Å²) in [7, 11) is 1.66. The Morgan fingerprint density at radius 1 is 1.03 bits per heavy atom. The van der Waals surface area contributed by atoms with Gasteiger partial charge >= 0.3 is 5.97 Å². The van der Waals surface area contributed by atoms with Gasteiger partial charge in [0, 0.05) is 11.0 Å². The second-order valence-electron chi connectivity index (χ2n) is 9.44. The van der Waals surface area contributed by atoms with Gasteiger partial charge in [0.15, 0.2) is 5.70 Å². The van der Waals surface area contributed by atoms with Gasteiger partial charge in [-0.1, -0.05) is 30.3 Å². The highest BCUT2D eigenvalue weighted by Crippen LogP contribution is 2.61. The molecule has 29 heavy (non-hydrogen) atoms. The molecule has 0 N–H and O–H groups in total. The van der Waals surface area contributed by atoms with E-state index in [-0.39, 0.29) is 11.4 Å². The van der Waals surface area contributed by atoms with Gasteiger partial charge in [-0.3, -0.25) is 0 Å². The van der Waals surface area contributed by atoms with Gasteiger partial charge in [-0.05, 0) is 79.2 Å². The predicted octanol–water partition coefficient (Wildman–Crippen LogP) is 5.36. The fraction of sp³-hybridized carbons (Fsp3) is 0.440. The number of benzene rings is 2. The van der Waals surface area contributed by atoms with Crippen LogP contribution in [0.1, 0.15) is 44.1 Å². The number of nitrogens with zero attached hydrogens (tertiary/aromatic N) is 1. The molecule has 7 rings (SSSR count). The fourth-order valence-corrected chi connectivity index (χ4v) is 6.75. The quantitative estimate of drug-likeness (QED) is 0.526. The Morgan fingerprint density at radius 2 is 1.72 bits per heavy atom. The Balaban J connectivity index is 1.43. The van der Waals surface area contributed by atoms with Crippen LogP contribution in [-0.4, -0.2) is 19.0 Å². The normalized spacial score (nSPS) is 34.0. The minimum Gasteiger partial charge on any atom is -0.496 e. The van der Waals surface area contributed by atoms with E-state index in [1.165, 1.54) is 19.3 Å². The lowest BCUT2D eigenvalue weighted by atomic mass is 9.49. The van der Waals surface area contributed by atoms with Crippen LogP contribution in [0.2, 0.25) is 0 Å². The molecule has 1 aliphatic heterocycles. The van der Waals surface area contributed by atoms with Crippen LogP contribution in [0.5, 0.6) is 5.75 Å². The van der Waals surface area contributed by atoms with Crippen molar-refractivity contribution in [3.05, 3.63) is 47.7 Å². The molecule has 5 aliphatic rings. The lowest BCUT2D eigenvalue weighted by molar-refractivity contribution is -0.131. The van der Waals surface area contributed by atoms with Crippen molar-refractivity contribution in [3.63, 3.8) is 0 Å². The van der Waals surface area contributed by atoms with E-state index in [9.17, 15) is 4.79 Å². The van der Waals surface area contributed by atoms with Crippen molar-refractivity contribution in [3.8, 4) is 5.75 Å². The van der Waals surface area contributed by atoms with E-state index in [1.807, 2.05) is 36.4 Å². The topological polar surface area (TPSA) is 47.9 Å². The minimum atomic E-state index is -0.328. The molecule has 0 aromatic heterocycles. The highest BCUT2D eigenvalue weighted by atomic mass is 16.6. The van der Waals surface area contributed by atoms with Gasteiger partial charge in [0.2, 0.25) is 5.90 Å². The largest absolute Gasteiger partial charge is 0.496 e. The smallest absolute Gasteiger partial charge is 0.363 e. The number of hydrogen-bond donors (Lipinski definition) is 0. The van der Waals surface area contributed by atoms with Crippen LogP contribution in [0, 0.1) is 23.2 Å². The molecular weight excluding hydrogens is 362 g/mol. The summed E-state index contributed by atoms with van der Waals surface area (Å²) in [6, 6.07) is 12.1. The van der Waals surface area contributed by atoms with Crippen LogP contribution in [0.25, 0.3) is 16.8 Å². The molecule has 4 saturated carbocycles. The Kier molecular flexibility index (Phi) is 3.68. The maximum Gasteiger partial charge on any atom is 0.363 e. The van der Waals surface area contributed by atoms with Crippen molar-refractivity contribution in [1.82, 2.24) is 0 Å². The fourth-order valence-electron chi connectivity index (χ4n) is 6.75. The van der Waals surface area contributed by atoms with Crippen molar-refractivity contribution in [2.45, 2.75) is 38.5 Å². The van der Waals surface area contributed by atoms with Crippen molar-refractivity contribution in [2.24, 2.45) is 28.2 Å². The molecule has 2 aromatic carbocycles.